The summed E-state index contributed by atoms with van der Waals surface area (Å²) in [6, 6.07) is 0. The van der Waals surface area contributed by atoms with Crippen molar-refractivity contribution in [1.82, 2.24) is 5.32 Å². The average molecular weight is 308 g/mol. The Hall–Kier alpha value is 0.1000. The first-order valence-electron chi connectivity index (χ1n) is 8.08. The fourth-order valence-corrected chi connectivity index (χ4v) is 2.04. The van der Waals surface area contributed by atoms with Crippen molar-refractivity contribution in [3.8, 4) is 0 Å². The minimum Gasteiger partial charge on any atom is -0.393 e. The molecule has 0 saturated heterocycles. The van der Waals surface area contributed by atoms with Crippen LogP contribution in [0, 0.1) is 0 Å². The average Bonchev–Trinajstić information content (AvgIpc) is 2.43. The van der Waals surface area contributed by atoms with Gasteiger partial charge in [0.1, 0.15) is 0 Å². The fraction of sp³-hybridized carbons (Fsp3) is 0.875. The number of hydrogen-bond acceptors (Lipinski definition) is 4. The third-order valence-electron chi connectivity index (χ3n) is 3.29. The van der Waals surface area contributed by atoms with Crippen LogP contribution in [0.25, 0.3) is 0 Å². The van der Waals surface area contributed by atoms with Gasteiger partial charge in [0.25, 0.3) is 0 Å². The molecule has 0 aromatic heterocycles. The molecule has 0 amide bonds. The third kappa shape index (κ3) is 18.1. The predicted octanol–water partition coefficient (Wildman–Crippen LogP) is 3.21. The van der Waals surface area contributed by atoms with E-state index in [0.29, 0.717) is 13.0 Å². The predicted molar refractivity (Wildman–Crippen MR) is 87.2 cm³/mol. The molecule has 0 unspecified atom stereocenters. The van der Waals surface area contributed by atoms with E-state index in [9.17, 15) is 9.59 Å². The van der Waals surface area contributed by atoms with Gasteiger partial charge in [-0.1, -0.05) is 58.3 Å². The molecule has 4 nitrogen and oxygen atoms in total. The Morgan fingerprint density at radius 3 is 1.81 bits per heavy atom. The quantitative estimate of drug-likeness (QED) is 0.246. The van der Waals surface area contributed by atoms with Gasteiger partial charge in [-0.15, -0.1) is 0 Å². The maximum absolute atomic E-state index is 11.4. The van der Waals surface area contributed by atoms with Gasteiger partial charge in [0, 0.05) is 42.5 Å². The first-order valence-corrected chi connectivity index (χ1v) is 8.08. The number of esters is 2. The van der Waals surface area contributed by atoms with E-state index in [1.54, 1.807) is 7.05 Å². The summed E-state index contributed by atoms with van der Waals surface area (Å²) in [7, 11) is 1.76. The van der Waals surface area contributed by atoms with Crippen LogP contribution in [0.1, 0.15) is 77.6 Å². The van der Waals surface area contributed by atoms with Gasteiger partial charge in [0.2, 0.25) is 0 Å². The van der Waals surface area contributed by atoms with Crippen LogP contribution in [0.2, 0.25) is 0 Å². The van der Waals surface area contributed by atoms with Crippen molar-refractivity contribution < 1.29 is 14.3 Å². The van der Waals surface area contributed by atoms with Gasteiger partial charge in [0.05, 0.1) is 6.42 Å². The Morgan fingerprint density at radius 2 is 1.29 bits per heavy atom. The maximum Gasteiger partial charge on any atom is 0.314 e. The van der Waals surface area contributed by atoms with E-state index in [1.807, 2.05) is 0 Å². The molecule has 0 saturated carbocycles. The van der Waals surface area contributed by atoms with E-state index >= 15 is 0 Å². The Labute approximate surface area is 152 Å². The number of carbonyl (C=O) groups is 2. The summed E-state index contributed by atoms with van der Waals surface area (Å²) in [4.78, 5) is 22.5. The normalized spacial score (nSPS) is 10.0. The van der Waals surface area contributed by atoms with Gasteiger partial charge in [-0.25, -0.2) is 0 Å². The molecule has 21 heavy (non-hydrogen) atoms. The summed E-state index contributed by atoms with van der Waals surface area (Å²) in [5, 5.41) is 2.84. The van der Waals surface area contributed by atoms with Crippen molar-refractivity contribution in [2.75, 3.05) is 13.6 Å². The third-order valence-corrected chi connectivity index (χ3v) is 3.29. The van der Waals surface area contributed by atoms with Crippen LogP contribution >= 0.6 is 0 Å². The molecule has 0 aromatic rings. The fourth-order valence-electron chi connectivity index (χ4n) is 2.04. The number of hydrogen-bond donors (Lipinski definition) is 1. The maximum atomic E-state index is 11.4. The molecule has 0 rings (SSSR count). The summed E-state index contributed by atoms with van der Waals surface area (Å²) >= 11 is 0. The zero-order valence-corrected chi connectivity index (χ0v) is 16.2. The second kappa shape index (κ2) is 18.1. The molecule has 0 fully saturated rings. The van der Waals surface area contributed by atoms with Crippen molar-refractivity contribution in [3.05, 3.63) is 0 Å². The molecule has 0 spiro atoms. The van der Waals surface area contributed by atoms with E-state index in [0.717, 1.165) is 12.8 Å². The molecule has 1 radical (unpaired) electrons. The van der Waals surface area contributed by atoms with Crippen molar-refractivity contribution in [2.45, 2.75) is 77.6 Å². The van der Waals surface area contributed by atoms with Crippen LogP contribution in [0.15, 0.2) is 0 Å². The topological polar surface area (TPSA) is 55.4 Å². The summed E-state index contributed by atoms with van der Waals surface area (Å²) in [5.41, 5.74) is 0. The second-order valence-electron chi connectivity index (χ2n) is 5.28. The van der Waals surface area contributed by atoms with E-state index < -0.39 is 5.97 Å². The molecule has 0 aliphatic heterocycles. The van der Waals surface area contributed by atoms with E-state index in [1.165, 1.54) is 44.9 Å². The van der Waals surface area contributed by atoms with Crippen molar-refractivity contribution in [3.63, 3.8) is 0 Å². The second-order valence-corrected chi connectivity index (χ2v) is 5.28. The minimum atomic E-state index is -0.430. The van der Waals surface area contributed by atoms with E-state index in [4.69, 9.17) is 4.74 Å². The van der Waals surface area contributed by atoms with Gasteiger partial charge in [-0.05, 0) is 13.5 Å². The van der Waals surface area contributed by atoms with Crippen molar-refractivity contribution >= 4 is 41.5 Å². The molecule has 0 aliphatic carbocycles. The van der Waals surface area contributed by atoms with Crippen LogP contribution in [0.5, 0.6) is 0 Å². The number of ether oxygens (including phenoxy) is 1. The molecule has 1 N–H and O–H groups in total. The zero-order valence-electron chi connectivity index (χ0n) is 14.2. The smallest absolute Gasteiger partial charge is 0.314 e. The monoisotopic (exact) mass is 308 g/mol. The Morgan fingerprint density at radius 1 is 0.810 bits per heavy atom. The van der Waals surface area contributed by atoms with Gasteiger partial charge in [0.15, 0.2) is 0 Å². The number of nitrogens with one attached hydrogen (secondary N) is 1. The molecular formula is C16H31NNaO3. The van der Waals surface area contributed by atoms with Crippen LogP contribution < -0.4 is 5.32 Å². The van der Waals surface area contributed by atoms with Crippen LogP contribution in [0.4, 0.5) is 0 Å². The van der Waals surface area contributed by atoms with Crippen molar-refractivity contribution in [2.24, 2.45) is 0 Å². The first-order chi connectivity index (χ1) is 9.70. The molecular weight excluding hydrogens is 277 g/mol. The summed E-state index contributed by atoms with van der Waals surface area (Å²) in [5.74, 6) is -0.811. The summed E-state index contributed by atoms with van der Waals surface area (Å²) in [6.45, 7) is 2.77. The van der Waals surface area contributed by atoms with Crippen LogP contribution in [-0.2, 0) is 14.3 Å². The molecule has 119 valence electrons. The number of carbonyl (C=O) groups excluding carboxylic acids is 2. The van der Waals surface area contributed by atoms with Gasteiger partial charge < -0.3 is 10.1 Å². The number of rotatable bonds is 13. The zero-order chi connectivity index (χ0) is 15.1. The van der Waals surface area contributed by atoms with Crippen LogP contribution in [0.3, 0.4) is 0 Å². The molecule has 0 aromatic carbocycles. The SMILES string of the molecule is CCCCCCCCCCCC(=O)OC(=O)CCNC.[Na]. The standard InChI is InChI=1S/C16H31NO3.Na/c1-3-4-5-6-7-8-9-10-11-12-15(18)20-16(19)13-14-17-2;/h17H,3-14H2,1-2H3;. The van der Waals surface area contributed by atoms with Gasteiger partial charge in [-0.2, -0.15) is 0 Å². The molecule has 0 atom stereocenters. The Bertz CT molecular complexity index is 260. The summed E-state index contributed by atoms with van der Waals surface area (Å²) < 4.78 is 4.71. The van der Waals surface area contributed by atoms with Gasteiger partial charge in [-0.3, -0.25) is 9.59 Å². The summed E-state index contributed by atoms with van der Waals surface area (Å²) in [6.07, 6.45) is 11.5. The van der Waals surface area contributed by atoms with E-state index in [2.05, 4.69) is 12.2 Å². The van der Waals surface area contributed by atoms with Gasteiger partial charge >= 0.3 is 11.9 Å². The van der Waals surface area contributed by atoms with Crippen LogP contribution in [-0.4, -0.2) is 55.1 Å². The van der Waals surface area contributed by atoms with E-state index in [-0.39, 0.29) is 41.9 Å². The first kappa shape index (κ1) is 23.4. The molecule has 0 heterocycles. The molecule has 0 bridgehead atoms. The largest absolute Gasteiger partial charge is 0.393 e. The Balaban J connectivity index is 0. The minimum absolute atomic E-state index is 0. The Kier molecular flexibility index (Phi) is 20.2. The molecule has 5 heteroatoms. The molecule has 0 aliphatic rings. The van der Waals surface area contributed by atoms with Crippen molar-refractivity contribution in [1.29, 1.82) is 0 Å². The number of unbranched alkanes of at least 4 members (excludes halogenated alkanes) is 8.